The number of fused-ring (bicyclic) bond motifs is 1. The van der Waals surface area contributed by atoms with E-state index >= 15 is 0 Å². The SMILES string of the molecule is CCCCCC[n+]1ccc(-c2cc[n+]3cc(-c4cc[n+](CCCCCC)cc4)n(C)c3c2)cc1.F[B-](F)(F)F.F[B-](F)(F)F.F[B-](F)(F)F. The Morgan fingerprint density at radius 1 is 0.510 bits per heavy atom. The average molecular weight is 718 g/mol. The first-order chi connectivity index (χ1) is 22.7. The van der Waals surface area contributed by atoms with Crippen molar-refractivity contribution in [3.05, 3.63) is 73.6 Å². The lowest BCUT2D eigenvalue weighted by molar-refractivity contribution is -0.697. The summed E-state index contributed by atoms with van der Waals surface area (Å²) in [6, 6.07) is 13.5. The third-order valence-corrected chi connectivity index (χ3v) is 6.88. The van der Waals surface area contributed by atoms with Crippen LogP contribution in [0.5, 0.6) is 0 Å². The highest BCUT2D eigenvalue weighted by Gasteiger charge is 2.22. The standard InChI is InChI=1S/C30H41N4.3BF4/c1-4-6-8-10-17-32-19-12-26(13-20-32)28-16-23-34-25-29(31(3)30(34)24-28)27-14-21-33(22-15-27)18-11-9-7-5-2;3*2-1(3,4)5/h12-16,19-25H,4-11,17-18H2,1-3H3;;;/q+3;3*-1. The Kier molecular flexibility index (Phi) is 18.4. The van der Waals surface area contributed by atoms with E-state index in [1.54, 1.807) is 0 Å². The lowest BCUT2D eigenvalue weighted by Crippen LogP contribution is -2.32. The molecule has 0 saturated carbocycles. The number of halogens is 12. The smallest absolute Gasteiger partial charge is 0.418 e. The molecule has 4 rings (SSSR count). The van der Waals surface area contributed by atoms with Gasteiger partial charge in [-0.3, -0.25) is 0 Å². The fourth-order valence-corrected chi connectivity index (χ4v) is 4.69. The van der Waals surface area contributed by atoms with Crippen LogP contribution in [0.15, 0.2) is 73.6 Å². The fourth-order valence-electron chi connectivity index (χ4n) is 4.69. The van der Waals surface area contributed by atoms with Crippen molar-refractivity contribution in [1.82, 2.24) is 4.57 Å². The molecule has 4 aromatic rings. The molecule has 0 amide bonds. The van der Waals surface area contributed by atoms with Crippen LogP contribution in [-0.4, -0.2) is 26.3 Å². The second-order valence-electron chi connectivity index (χ2n) is 11.0. The molecule has 0 aromatic carbocycles. The average Bonchev–Trinajstić information content (AvgIpc) is 3.31. The van der Waals surface area contributed by atoms with Crippen molar-refractivity contribution < 1.29 is 65.3 Å². The number of imidazole rings is 1. The molecule has 4 aromatic heterocycles. The largest absolute Gasteiger partial charge is 0.673 e. The van der Waals surface area contributed by atoms with Crippen molar-refractivity contribution in [1.29, 1.82) is 0 Å². The molecule has 0 saturated heterocycles. The summed E-state index contributed by atoms with van der Waals surface area (Å²) in [4.78, 5) is 0. The highest BCUT2D eigenvalue weighted by atomic mass is 19.5. The first-order valence-corrected chi connectivity index (χ1v) is 15.8. The van der Waals surface area contributed by atoms with Crippen molar-refractivity contribution in [2.75, 3.05) is 0 Å². The number of aromatic nitrogens is 4. The minimum absolute atomic E-state index is 1.10. The van der Waals surface area contributed by atoms with Crippen LogP contribution >= 0.6 is 0 Å². The summed E-state index contributed by atoms with van der Waals surface area (Å²) < 4.78 is 126. The Labute approximate surface area is 278 Å². The maximum absolute atomic E-state index is 9.75. The summed E-state index contributed by atoms with van der Waals surface area (Å²) in [6.45, 7) is 6.73. The van der Waals surface area contributed by atoms with Gasteiger partial charge in [0.2, 0.25) is 0 Å². The number of hydrogen-bond acceptors (Lipinski definition) is 0. The van der Waals surface area contributed by atoms with Crippen molar-refractivity contribution in [2.24, 2.45) is 7.05 Å². The molecular formula is C30H41B3F12N4. The molecule has 0 atom stereocenters. The third-order valence-electron chi connectivity index (χ3n) is 6.88. The van der Waals surface area contributed by atoms with Gasteiger partial charge in [0.25, 0.3) is 5.65 Å². The van der Waals surface area contributed by atoms with Gasteiger partial charge in [0.05, 0.1) is 13.2 Å². The molecular weight excluding hydrogens is 677 g/mol. The van der Waals surface area contributed by atoms with E-state index in [1.807, 2.05) is 0 Å². The molecule has 0 radical (unpaired) electrons. The second kappa shape index (κ2) is 20.8. The Balaban J connectivity index is 0.000000671. The zero-order valence-corrected chi connectivity index (χ0v) is 27.6. The molecule has 4 nitrogen and oxygen atoms in total. The molecule has 49 heavy (non-hydrogen) atoms. The summed E-state index contributed by atoms with van der Waals surface area (Å²) >= 11 is 0. The predicted octanol–water partition coefficient (Wildman–Crippen LogP) is 9.73. The van der Waals surface area contributed by atoms with E-state index in [2.05, 4.69) is 113 Å². The topological polar surface area (TPSA) is 16.8 Å². The lowest BCUT2D eigenvalue weighted by Gasteiger charge is -2.02. The molecule has 0 unspecified atom stereocenters. The van der Waals surface area contributed by atoms with E-state index in [-0.39, 0.29) is 0 Å². The summed E-state index contributed by atoms with van der Waals surface area (Å²) in [5.41, 5.74) is 6.19. The minimum atomic E-state index is -6.00. The molecule has 274 valence electrons. The third kappa shape index (κ3) is 21.1. The van der Waals surface area contributed by atoms with E-state index in [4.69, 9.17) is 0 Å². The van der Waals surface area contributed by atoms with Gasteiger partial charge in [-0.15, -0.1) is 0 Å². The quantitative estimate of drug-likeness (QED) is 0.0601. The maximum Gasteiger partial charge on any atom is 0.673 e. The highest BCUT2D eigenvalue weighted by molar-refractivity contribution is 6.50. The van der Waals surface area contributed by atoms with Crippen molar-refractivity contribution >= 4 is 27.4 Å². The molecule has 0 bridgehead atoms. The number of aryl methyl sites for hydroxylation is 3. The van der Waals surface area contributed by atoms with E-state index in [0.29, 0.717) is 0 Å². The molecule has 0 aliphatic heterocycles. The van der Waals surface area contributed by atoms with E-state index in [9.17, 15) is 51.8 Å². The van der Waals surface area contributed by atoms with Crippen molar-refractivity contribution in [3.8, 4) is 22.4 Å². The van der Waals surface area contributed by atoms with E-state index in [1.165, 1.54) is 79.4 Å². The van der Waals surface area contributed by atoms with E-state index in [0.717, 1.165) is 13.1 Å². The molecule has 0 spiro atoms. The first-order valence-electron chi connectivity index (χ1n) is 15.8. The number of hydrogen-bond donors (Lipinski definition) is 0. The van der Waals surface area contributed by atoms with Gasteiger partial charge in [0.1, 0.15) is 19.3 Å². The molecule has 0 N–H and O–H groups in total. The normalized spacial score (nSPS) is 11.6. The number of rotatable bonds is 12. The summed E-state index contributed by atoms with van der Waals surface area (Å²) in [5.74, 6) is 0. The Bertz CT molecular complexity index is 1450. The van der Waals surface area contributed by atoms with Crippen LogP contribution in [0.3, 0.4) is 0 Å². The fraction of sp³-hybridized carbons (Fsp3) is 0.433. The van der Waals surface area contributed by atoms with Crippen LogP contribution in [-0.2, 0) is 20.1 Å². The maximum atomic E-state index is 9.75. The number of pyridine rings is 3. The number of unbranched alkanes of at least 4 members (excludes halogenated alkanes) is 6. The predicted molar refractivity (Wildman–Crippen MR) is 169 cm³/mol. The van der Waals surface area contributed by atoms with Crippen LogP contribution in [0.25, 0.3) is 28.0 Å². The van der Waals surface area contributed by atoms with Gasteiger partial charge in [-0.1, -0.05) is 39.5 Å². The van der Waals surface area contributed by atoms with Gasteiger partial charge in [-0.25, -0.2) is 18.1 Å². The van der Waals surface area contributed by atoms with Crippen LogP contribution in [0.4, 0.5) is 51.8 Å². The Morgan fingerprint density at radius 3 is 1.27 bits per heavy atom. The van der Waals surface area contributed by atoms with Crippen molar-refractivity contribution in [2.45, 2.75) is 78.3 Å². The number of nitrogens with zero attached hydrogens (tertiary/aromatic N) is 4. The van der Waals surface area contributed by atoms with Gasteiger partial charge in [-0.05, 0) is 30.0 Å². The zero-order valence-electron chi connectivity index (χ0n) is 27.6. The Hall–Kier alpha value is -3.66. The molecule has 4 heterocycles. The van der Waals surface area contributed by atoms with Gasteiger partial charge < -0.3 is 51.8 Å². The molecule has 19 heteroatoms. The summed E-state index contributed by atoms with van der Waals surface area (Å²) in [7, 11) is -15.8. The van der Waals surface area contributed by atoms with Crippen LogP contribution in [0.2, 0.25) is 0 Å². The van der Waals surface area contributed by atoms with Crippen LogP contribution in [0.1, 0.15) is 65.2 Å². The Morgan fingerprint density at radius 2 is 0.878 bits per heavy atom. The first kappa shape index (κ1) is 43.4. The van der Waals surface area contributed by atoms with E-state index < -0.39 is 21.8 Å². The van der Waals surface area contributed by atoms with Gasteiger partial charge in [0, 0.05) is 48.7 Å². The summed E-state index contributed by atoms with van der Waals surface area (Å²) in [6.07, 6.45) is 23.7. The highest BCUT2D eigenvalue weighted by Crippen LogP contribution is 2.22. The minimum Gasteiger partial charge on any atom is -0.418 e. The lowest BCUT2D eigenvalue weighted by atomic mass is 10.1. The van der Waals surface area contributed by atoms with Gasteiger partial charge in [-0.2, -0.15) is 0 Å². The molecule has 0 aliphatic rings. The second-order valence-corrected chi connectivity index (χ2v) is 11.0. The van der Waals surface area contributed by atoms with Gasteiger partial charge >= 0.3 is 21.8 Å². The summed E-state index contributed by atoms with van der Waals surface area (Å²) in [5, 5.41) is 0. The van der Waals surface area contributed by atoms with Gasteiger partial charge in [0.15, 0.2) is 30.5 Å². The molecule has 0 fully saturated rings. The zero-order chi connectivity index (χ0) is 37.3. The monoisotopic (exact) mass is 718 g/mol. The van der Waals surface area contributed by atoms with Crippen LogP contribution < -0.4 is 13.5 Å². The molecule has 0 aliphatic carbocycles. The van der Waals surface area contributed by atoms with Crippen LogP contribution in [0, 0.1) is 0 Å². The van der Waals surface area contributed by atoms with Crippen molar-refractivity contribution in [3.63, 3.8) is 0 Å².